The average molecular weight is 364 g/mol. The summed E-state index contributed by atoms with van der Waals surface area (Å²) in [5.74, 6) is 0.196. The van der Waals surface area contributed by atoms with E-state index in [1.54, 1.807) is 36.4 Å². The molecule has 1 aromatic heterocycles. The van der Waals surface area contributed by atoms with Crippen molar-refractivity contribution in [3.8, 4) is 23.0 Å². The largest absolute Gasteiger partial charge is 0.382 e. The first-order valence-corrected chi connectivity index (χ1v) is 7.65. The van der Waals surface area contributed by atoms with Gasteiger partial charge in [-0.1, -0.05) is 46.9 Å². The summed E-state index contributed by atoms with van der Waals surface area (Å²) >= 11 is 18.3. The van der Waals surface area contributed by atoms with Gasteiger partial charge in [-0.3, -0.25) is 0 Å². The molecule has 0 aliphatic carbocycles. The van der Waals surface area contributed by atoms with Crippen LogP contribution in [0.15, 0.2) is 42.5 Å². The van der Waals surface area contributed by atoms with E-state index in [2.05, 4.69) is 11.2 Å². The van der Waals surface area contributed by atoms with Gasteiger partial charge in [-0.25, -0.2) is 4.68 Å². The SMILES string of the molecule is N#Cc1c(-c2ccc(Cl)cc2Cl)nn(-c2ccccc2Cl)c1N. The van der Waals surface area contributed by atoms with Crippen LogP contribution in [0.5, 0.6) is 0 Å². The zero-order valence-electron chi connectivity index (χ0n) is 11.6. The smallest absolute Gasteiger partial charge is 0.145 e. The molecule has 0 aliphatic rings. The van der Waals surface area contributed by atoms with E-state index in [0.29, 0.717) is 32.0 Å². The van der Waals surface area contributed by atoms with Crippen LogP contribution in [-0.2, 0) is 0 Å². The molecule has 3 aromatic rings. The van der Waals surface area contributed by atoms with Crippen molar-refractivity contribution in [2.24, 2.45) is 0 Å². The van der Waals surface area contributed by atoms with E-state index >= 15 is 0 Å². The van der Waals surface area contributed by atoms with Gasteiger partial charge in [0.05, 0.1) is 15.7 Å². The van der Waals surface area contributed by atoms with Crippen LogP contribution >= 0.6 is 34.8 Å². The molecular formula is C16H9Cl3N4. The van der Waals surface area contributed by atoms with Crippen LogP contribution in [-0.4, -0.2) is 9.78 Å². The zero-order chi connectivity index (χ0) is 16.6. The Hall–Kier alpha value is -2.19. The molecule has 114 valence electrons. The van der Waals surface area contributed by atoms with Crippen molar-refractivity contribution in [1.82, 2.24) is 9.78 Å². The van der Waals surface area contributed by atoms with Gasteiger partial charge in [-0.05, 0) is 30.3 Å². The molecule has 0 bridgehead atoms. The van der Waals surface area contributed by atoms with Crippen LogP contribution in [0, 0.1) is 11.3 Å². The molecule has 0 atom stereocenters. The third-order valence-corrected chi connectivity index (χ3v) is 4.17. The van der Waals surface area contributed by atoms with Gasteiger partial charge in [-0.15, -0.1) is 0 Å². The Kier molecular flexibility index (Phi) is 4.18. The number of aromatic nitrogens is 2. The second-order valence-corrected chi connectivity index (χ2v) is 5.96. The van der Waals surface area contributed by atoms with Crippen LogP contribution in [0.3, 0.4) is 0 Å². The van der Waals surface area contributed by atoms with Crippen molar-refractivity contribution in [3.05, 3.63) is 63.1 Å². The molecule has 4 nitrogen and oxygen atoms in total. The second kappa shape index (κ2) is 6.13. The van der Waals surface area contributed by atoms with Gasteiger partial charge in [0.25, 0.3) is 0 Å². The number of rotatable bonds is 2. The Morgan fingerprint density at radius 1 is 1.04 bits per heavy atom. The fourth-order valence-electron chi connectivity index (χ4n) is 2.22. The Balaban J connectivity index is 2.26. The molecule has 0 spiro atoms. The van der Waals surface area contributed by atoms with Gasteiger partial charge in [0.2, 0.25) is 0 Å². The fraction of sp³-hybridized carbons (Fsp3) is 0. The monoisotopic (exact) mass is 362 g/mol. The summed E-state index contributed by atoms with van der Waals surface area (Å²) in [6, 6.07) is 14.1. The number of para-hydroxylation sites is 1. The number of hydrogen-bond donors (Lipinski definition) is 1. The molecule has 0 saturated carbocycles. The van der Waals surface area contributed by atoms with Crippen LogP contribution < -0.4 is 5.73 Å². The number of nitrogens with two attached hydrogens (primary N) is 1. The number of benzene rings is 2. The first-order chi connectivity index (χ1) is 11.0. The molecular weight excluding hydrogens is 355 g/mol. The van der Waals surface area contributed by atoms with E-state index in [1.165, 1.54) is 4.68 Å². The van der Waals surface area contributed by atoms with Gasteiger partial charge in [-0.2, -0.15) is 10.4 Å². The quantitative estimate of drug-likeness (QED) is 0.700. The summed E-state index contributed by atoms with van der Waals surface area (Å²) in [5.41, 5.74) is 7.85. The number of nitrogens with zero attached hydrogens (tertiary/aromatic N) is 3. The van der Waals surface area contributed by atoms with Crippen LogP contribution in [0.4, 0.5) is 5.82 Å². The average Bonchev–Trinajstić information content (AvgIpc) is 2.84. The molecule has 0 unspecified atom stereocenters. The lowest BCUT2D eigenvalue weighted by Gasteiger charge is -2.05. The highest BCUT2D eigenvalue weighted by molar-refractivity contribution is 6.36. The number of anilines is 1. The summed E-state index contributed by atoms with van der Waals surface area (Å²) < 4.78 is 1.43. The third kappa shape index (κ3) is 2.75. The van der Waals surface area contributed by atoms with Crippen molar-refractivity contribution < 1.29 is 0 Å². The maximum atomic E-state index is 9.45. The lowest BCUT2D eigenvalue weighted by Crippen LogP contribution is -2.02. The molecule has 2 N–H and O–H groups in total. The predicted molar refractivity (Wildman–Crippen MR) is 93.2 cm³/mol. The molecule has 0 saturated heterocycles. The highest BCUT2D eigenvalue weighted by atomic mass is 35.5. The lowest BCUT2D eigenvalue weighted by molar-refractivity contribution is 0.895. The molecule has 23 heavy (non-hydrogen) atoms. The van der Waals surface area contributed by atoms with Crippen molar-refractivity contribution >= 4 is 40.6 Å². The number of halogens is 3. The molecule has 0 aliphatic heterocycles. The van der Waals surface area contributed by atoms with Crippen molar-refractivity contribution in [2.45, 2.75) is 0 Å². The second-order valence-electron chi connectivity index (χ2n) is 4.71. The van der Waals surface area contributed by atoms with E-state index < -0.39 is 0 Å². The van der Waals surface area contributed by atoms with Crippen LogP contribution in [0.2, 0.25) is 15.1 Å². The highest BCUT2D eigenvalue weighted by Crippen LogP contribution is 2.35. The van der Waals surface area contributed by atoms with Gasteiger partial charge < -0.3 is 5.73 Å². The summed E-state index contributed by atoms with van der Waals surface area (Å²) in [5, 5.41) is 15.2. The standard InChI is InChI=1S/C16H9Cl3N4/c17-9-5-6-10(13(19)7-9)15-11(8-20)16(21)23(22-15)14-4-2-1-3-12(14)18/h1-7H,21H2. The number of nitrogen functional groups attached to an aromatic ring is 1. The molecule has 1 heterocycles. The Labute approximate surface area is 147 Å². The summed E-state index contributed by atoms with van der Waals surface area (Å²) in [6.07, 6.45) is 0. The fourth-order valence-corrected chi connectivity index (χ4v) is 2.93. The van der Waals surface area contributed by atoms with E-state index in [-0.39, 0.29) is 11.4 Å². The van der Waals surface area contributed by atoms with Crippen LogP contribution in [0.1, 0.15) is 5.56 Å². The van der Waals surface area contributed by atoms with Crippen molar-refractivity contribution in [3.63, 3.8) is 0 Å². The molecule has 0 radical (unpaired) electrons. The molecule has 2 aromatic carbocycles. The Bertz CT molecular complexity index is 941. The maximum Gasteiger partial charge on any atom is 0.145 e. The van der Waals surface area contributed by atoms with Crippen LogP contribution in [0.25, 0.3) is 16.9 Å². The van der Waals surface area contributed by atoms with E-state index in [0.717, 1.165) is 0 Å². The van der Waals surface area contributed by atoms with Gasteiger partial charge in [0, 0.05) is 10.6 Å². The van der Waals surface area contributed by atoms with E-state index in [1.807, 2.05) is 6.07 Å². The lowest BCUT2D eigenvalue weighted by atomic mass is 10.1. The Morgan fingerprint density at radius 3 is 2.43 bits per heavy atom. The zero-order valence-corrected chi connectivity index (χ0v) is 13.9. The Morgan fingerprint density at radius 2 is 1.78 bits per heavy atom. The van der Waals surface area contributed by atoms with E-state index in [9.17, 15) is 5.26 Å². The number of nitriles is 1. The minimum Gasteiger partial charge on any atom is -0.382 e. The van der Waals surface area contributed by atoms with Crippen molar-refractivity contribution in [2.75, 3.05) is 5.73 Å². The van der Waals surface area contributed by atoms with Gasteiger partial charge in [0.15, 0.2) is 0 Å². The summed E-state index contributed by atoms with van der Waals surface area (Å²) in [7, 11) is 0. The van der Waals surface area contributed by atoms with Gasteiger partial charge in [0.1, 0.15) is 23.1 Å². The molecule has 3 rings (SSSR count). The minimum absolute atomic E-state index is 0.196. The normalized spacial score (nSPS) is 10.5. The summed E-state index contributed by atoms with van der Waals surface area (Å²) in [6.45, 7) is 0. The van der Waals surface area contributed by atoms with Crippen molar-refractivity contribution in [1.29, 1.82) is 5.26 Å². The first-order valence-electron chi connectivity index (χ1n) is 6.52. The molecule has 0 fully saturated rings. The topological polar surface area (TPSA) is 67.6 Å². The summed E-state index contributed by atoms with van der Waals surface area (Å²) in [4.78, 5) is 0. The van der Waals surface area contributed by atoms with Gasteiger partial charge >= 0.3 is 0 Å². The van der Waals surface area contributed by atoms with E-state index in [4.69, 9.17) is 40.5 Å². The maximum absolute atomic E-state index is 9.45. The molecule has 0 amide bonds. The highest BCUT2D eigenvalue weighted by Gasteiger charge is 2.20. The molecule has 7 heteroatoms. The number of hydrogen-bond acceptors (Lipinski definition) is 3. The predicted octanol–water partition coefficient (Wildman–Crippen LogP) is 4.95. The third-order valence-electron chi connectivity index (χ3n) is 3.30. The first kappa shape index (κ1) is 15.7. The minimum atomic E-state index is 0.196.